The zero-order valence-corrected chi connectivity index (χ0v) is 10.5. The molecule has 2 N–H and O–H groups in total. The fourth-order valence-corrected chi connectivity index (χ4v) is 2.55. The second-order valence-electron chi connectivity index (χ2n) is 5.44. The topological polar surface area (TPSA) is 56.7 Å². The van der Waals surface area contributed by atoms with Crippen LogP contribution in [0.25, 0.3) is 0 Å². The molecule has 0 aromatic carbocycles. The van der Waals surface area contributed by atoms with Gasteiger partial charge in [0.25, 0.3) is 0 Å². The Morgan fingerprint density at radius 2 is 2.00 bits per heavy atom. The molecule has 90 valence electrons. The smallest absolute Gasteiger partial charge is 0.151 e. The molecule has 0 unspecified atom stereocenters. The van der Waals surface area contributed by atoms with Crippen molar-refractivity contribution in [2.45, 2.75) is 51.5 Å². The van der Waals surface area contributed by atoms with E-state index in [1.165, 1.54) is 12.8 Å². The van der Waals surface area contributed by atoms with Gasteiger partial charge < -0.3 is 5.73 Å². The van der Waals surface area contributed by atoms with E-state index in [0.29, 0.717) is 5.92 Å². The second kappa shape index (κ2) is 4.17. The van der Waals surface area contributed by atoms with Crippen molar-refractivity contribution in [3.63, 3.8) is 0 Å². The summed E-state index contributed by atoms with van der Waals surface area (Å²) in [7, 11) is 1.96. The van der Waals surface area contributed by atoms with Gasteiger partial charge in [-0.3, -0.25) is 4.68 Å². The van der Waals surface area contributed by atoms with Crippen LogP contribution in [-0.2, 0) is 19.0 Å². The van der Waals surface area contributed by atoms with Gasteiger partial charge in [0.2, 0.25) is 0 Å². The first-order valence-electron chi connectivity index (χ1n) is 6.20. The van der Waals surface area contributed by atoms with E-state index in [4.69, 9.17) is 5.73 Å². The summed E-state index contributed by atoms with van der Waals surface area (Å²) >= 11 is 0. The third-order valence-corrected chi connectivity index (χ3v) is 3.34. The minimum absolute atomic E-state index is 0.225. The number of aryl methyl sites for hydroxylation is 1. The summed E-state index contributed by atoms with van der Waals surface area (Å²) in [5.41, 5.74) is 6.18. The molecule has 1 aromatic rings. The molecule has 0 saturated heterocycles. The Hall–Kier alpha value is -0.900. The first-order chi connectivity index (χ1) is 7.51. The van der Waals surface area contributed by atoms with Gasteiger partial charge >= 0.3 is 0 Å². The Morgan fingerprint density at radius 3 is 2.56 bits per heavy atom. The molecular weight excluding hydrogens is 200 g/mol. The van der Waals surface area contributed by atoms with Gasteiger partial charge in [-0.25, -0.2) is 4.98 Å². The van der Waals surface area contributed by atoms with E-state index in [0.717, 1.165) is 30.9 Å². The van der Waals surface area contributed by atoms with Gasteiger partial charge in [-0.1, -0.05) is 26.7 Å². The summed E-state index contributed by atoms with van der Waals surface area (Å²) in [6, 6.07) is 0. The molecule has 2 rings (SSSR count). The van der Waals surface area contributed by atoms with Crippen LogP contribution in [0.2, 0.25) is 0 Å². The lowest BCUT2D eigenvalue weighted by molar-refractivity contribution is 0.410. The minimum Gasteiger partial charge on any atom is -0.319 e. The summed E-state index contributed by atoms with van der Waals surface area (Å²) in [6.07, 6.45) is 5.44. The predicted molar refractivity (Wildman–Crippen MR) is 63.9 cm³/mol. The summed E-state index contributed by atoms with van der Waals surface area (Å²) in [6.45, 7) is 4.37. The van der Waals surface area contributed by atoms with Gasteiger partial charge in [0.15, 0.2) is 5.82 Å². The van der Waals surface area contributed by atoms with Crippen LogP contribution in [0.1, 0.15) is 51.2 Å². The normalized spacial score (nSPS) is 19.6. The molecule has 0 spiro atoms. The Balaban J connectivity index is 2.24. The van der Waals surface area contributed by atoms with Gasteiger partial charge in [-0.05, 0) is 18.8 Å². The van der Waals surface area contributed by atoms with Crippen molar-refractivity contribution in [1.29, 1.82) is 0 Å². The lowest BCUT2D eigenvalue weighted by Crippen LogP contribution is -2.36. The Labute approximate surface area is 97.2 Å². The van der Waals surface area contributed by atoms with Crippen molar-refractivity contribution in [2.24, 2.45) is 18.7 Å². The molecule has 0 atom stereocenters. The quantitative estimate of drug-likeness (QED) is 0.847. The Kier molecular flexibility index (Phi) is 3.02. The number of hydrogen-bond acceptors (Lipinski definition) is 3. The molecule has 1 heterocycles. The summed E-state index contributed by atoms with van der Waals surface area (Å²) in [4.78, 5) is 4.63. The molecular formula is C12H22N4. The number of rotatable bonds is 3. The molecule has 1 aliphatic carbocycles. The monoisotopic (exact) mass is 222 g/mol. The molecule has 0 aliphatic heterocycles. The molecule has 1 aromatic heterocycles. The van der Waals surface area contributed by atoms with Crippen LogP contribution in [0, 0.1) is 5.92 Å². The average Bonchev–Trinajstić information content (AvgIpc) is 2.73. The van der Waals surface area contributed by atoms with Crippen molar-refractivity contribution in [2.75, 3.05) is 0 Å². The van der Waals surface area contributed by atoms with Crippen LogP contribution in [0.15, 0.2) is 0 Å². The molecule has 1 aliphatic rings. The molecule has 0 bridgehead atoms. The number of hydrogen-bond donors (Lipinski definition) is 1. The average molecular weight is 222 g/mol. The molecule has 1 fully saturated rings. The fraction of sp³-hybridized carbons (Fsp3) is 0.833. The lowest BCUT2D eigenvalue weighted by atomic mass is 9.98. The Morgan fingerprint density at radius 1 is 1.38 bits per heavy atom. The summed E-state index contributed by atoms with van der Waals surface area (Å²) in [5, 5.41) is 4.47. The zero-order chi connectivity index (χ0) is 11.8. The first kappa shape index (κ1) is 11.6. The van der Waals surface area contributed by atoms with E-state index in [2.05, 4.69) is 23.9 Å². The third-order valence-electron chi connectivity index (χ3n) is 3.34. The van der Waals surface area contributed by atoms with E-state index < -0.39 is 0 Å². The highest BCUT2D eigenvalue weighted by Gasteiger charge is 2.35. The third kappa shape index (κ3) is 2.12. The largest absolute Gasteiger partial charge is 0.319 e. The van der Waals surface area contributed by atoms with Crippen LogP contribution in [0.5, 0.6) is 0 Å². The van der Waals surface area contributed by atoms with Gasteiger partial charge in [-0.15, -0.1) is 0 Å². The zero-order valence-electron chi connectivity index (χ0n) is 10.5. The van der Waals surface area contributed by atoms with E-state index >= 15 is 0 Å². The minimum atomic E-state index is -0.225. The molecule has 4 heteroatoms. The van der Waals surface area contributed by atoms with Crippen molar-refractivity contribution in [3.05, 3.63) is 11.6 Å². The van der Waals surface area contributed by atoms with Gasteiger partial charge in [0.1, 0.15) is 5.82 Å². The van der Waals surface area contributed by atoms with Crippen LogP contribution < -0.4 is 5.73 Å². The molecule has 1 saturated carbocycles. The molecule has 0 amide bonds. The SMILES string of the molecule is CC(C)Cc1nc(C2(N)CCCC2)n(C)n1. The van der Waals surface area contributed by atoms with E-state index in [-0.39, 0.29) is 5.54 Å². The summed E-state index contributed by atoms with van der Waals surface area (Å²) in [5.74, 6) is 2.50. The van der Waals surface area contributed by atoms with Crippen LogP contribution in [0.4, 0.5) is 0 Å². The maximum atomic E-state index is 6.40. The van der Waals surface area contributed by atoms with Crippen molar-refractivity contribution in [3.8, 4) is 0 Å². The maximum absolute atomic E-state index is 6.40. The van der Waals surface area contributed by atoms with Crippen LogP contribution in [0.3, 0.4) is 0 Å². The first-order valence-corrected chi connectivity index (χ1v) is 6.20. The lowest BCUT2D eigenvalue weighted by Gasteiger charge is -2.21. The van der Waals surface area contributed by atoms with Gasteiger partial charge in [0.05, 0.1) is 5.54 Å². The Bertz CT molecular complexity index is 361. The van der Waals surface area contributed by atoms with Gasteiger partial charge in [-0.2, -0.15) is 5.10 Å². The number of aromatic nitrogens is 3. The molecule has 0 radical (unpaired) electrons. The number of nitrogens with zero attached hydrogens (tertiary/aromatic N) is 3. The van der Waals surface area contributed by atoms with Gasteiger partial charge in [0, 0.05) is 13.5 Å². The standard InChI is InChI=1S/C12H22N4/c1-9(2)8-10-14-11(16(3)15-10)12(13)6-4-5-7-12/h9H,4-8,13H2,1-3H3. The van der Waals surface area contributed by atoms with E-state index in [9.17, 15) is 0 Å². The van der Waals surface area contributed by atoms with Crippen molar-refractivity contribution >= 4 is 0 Å². The maximum Gasteiger partial charge on any atom is 0.151 e. The van der Waals surface area contributed by atoms with Crippen LogP contribution in [-0.4, -0.2) is 14.8 Å². The summed E-state index contributed by atoms with van der Waals surface area (Å²) < 4.78 is 1.88. The predicted octanol–water partition coefficient (Wildman–Crippen LogP) is 1.74. The highest BCUT2D eigenvalue weighted by Crippen LogP contribution is 2.35. The van der Waals surface area contributed by atoms with Crippen molar-refractivity contribution < 1.29 is 0 Å². The highest BCUT2D eigenvalue weighted by atomic mass is 15.3. The van der Waals surface area contributed by atoms with Crippen molar-refractivity contribution in [1.82, 2.24) is 14.8 Å². The molecule has 16 heavy (non-hydrogen) atoms. The number of nitrogens with two attached hydrogens (primary N) is 1. The van der Waals surface area contributed by atoms with E-state index in [1.54, 1.807) is 0 Å². The second-order valence-corrected chi connectivity index (χ2v) is 5.44. The highest BCUT2D eigenvalue weighted by molar-refractivity contribution is 5.09. The van der Waals surface area contributed by atoms with Crippen LogP contribution >= 0.6 is 0 Å². The molecule has 4 nitrogen and oxygen atoms in total. The fourth-order valence-electron chi connectivity index (χ4n) is 2.55. The van der Waals surface area contributed by atoms with E-state index in [1.807, 2.05) is 11.7 Å².